The molecule has 0 aliphatic rings. The number of rotatable bonds is 9. The second kappa shape index (κ2) is 9.59. The molecule has 14 heteroatoms. The van der Waals surface area contributed by atoms with E-state index in [0.717, 1.165) is 18.2 Å². The Morgan fingerprint density at radius 1 is 1.00 bits per heavy atom. The molecule has 1 rings (SSSR count). The van der Waals surface area contributed by atoms with E-state index in [1.165, 1.54) is 39.5 Å². The van der Waals surface area contributed by atoms with Crippen molar-refractivity contribution in [2.45, 2.75) is 0 Å². The van der Waals surface area contributed by atoms with E-state index in [2.05, 4.69) is 14.0 Å². The van der Waals surface area contributed by atoms with Gasteiger partial charge in [-0.2, -0.15) is 14.0 Å². The fourth-order valence-electron chi connectivity index (χ4n) is 2.30. The quantitative estimate of drug-likeness (QED) is 0.314. The Morgan fingerprint density at radius 3 is 1.85 bits per heavy atom. The molecule has 0 aliphatic carbocycles. The van der Waals surface area contributed by atoms with Crippen molar-refractivity contribution in [3.8, 4) is 0 Å². The predicted molar refractivity (Wildman–Crippen MR) is 95.0 cm³/mol. The third-order valence-corrected chi connectivity index (χ3v) is 8.25. The van der Waals surface area contributed by atoms with Crippen molar-refractivity contribution in [1.29, 1.82) is 0 Å². The van der Waals surface area contributed by atoms with Gasteiger partial charge in [0.05, 0.1) is 0 Å². The van der Waals surface area contributed by atoms with Gasteiger partial charge in [0.2, 0.25) is 18.2 Å². The number of carbonyl (C=O) groups excluding carboxylic acids is 4. The largest absolute Gasteiger partial charge is 0.599 e. The molecule has 2 N–H and O–H groups in total. The number of nitrogens with two attached hydrogens (primary N) is 1. The van der Waals surface area contributed by atoms with Gasteiger partial charge in [0.1, 0.15) is 0 Å². The van der Waals surface area contributed by atoms with Crippen molar-refractivity contribution >= 4 is 52.7 Å². The van der Waals surface area contributed by atoms with Gasteiger partial charge in [0, 0.05) is 32.2 Å². The van der Waals surface area contributed by atoms with Gasteiger partial charge in [0.25, 0.3) is 0 Å². The van der Waals surface area contributed by atoms with E-state index in [9.17, 15) is 19.2 Å². The van der Waals surface area contributed by atoms with E-state index in [0.29, 0.717) is 9.75 Å². The lowest BCUT2D eigenvalue weighted by molar-refractivity contribution is 0.140. The van der Waals surface area contributed by atoms with Gasteiger partial charge >= 0.3 is 23.6 Å². The first-order valence-corrected chi connectivity index (χ1v) is 10.5. The number of primary amides is 1. The second-order valence-electron chi connectivity index (χ2n) is 4.60. The van der Waals surface area contributed by atoms with Crippen LogP contribution in [0.2, 0.25) is 0 Å². The van der Waals surface area contributed by atoms with Gasteiger partial charge in [-0.15, -0.1) is 0 Å². The summed E-state index contributed by atoms with van der Waals surface area (Å²) in [5.74, 6) is 0. The minimum Gasteiger partial charge on any atom is -0.373 e. The Kier molecular flexibility index (Phi) is 7.81. The molecule has 0 aromatic heterocycles. The first-order chi connectivity index (χ1) is 12.9. The summed E-state index contributed by atoms with van der Waals surface area (Å²) < 4.78 is 26.6. The van der Waals surface area contributed by atoms with Crippen molar-refractivity contribution in [2.24, 2.45) is 19.7 Å². The smallest absolute Gasteiger partial charge is 0.373 e. The van der Waals surface area contributed by atoms with Crippen LogP contribution in [0.5, 0.6) is 0 Å². The molecule has 27 heavy (non-hydrogen) atoms. The highest BCUT2D eigenvalue weighted by atomic mass is 28.4. The Labute approximate surface area is 155 Å². The lowest BCUT2D eigenvalue weighted by Crippen LogP contribution is -2.57. The topological polar surface area (TPSA) is 162 Å². The normalized spacial score (nSPS) is 12.6. The van der Waals surface area contributed by atoms with E-state index in [4.69, 9.17) is 19.0 Å². The molecule has 0 atom stereocenters. The molecule has 0 saturated heterocycles. The Balaban J connectivity index is 3.77. The molecule has 0 fully saturated rings. The molecular formula is C13H15N5O7Si2. The lowest BCUT2D eigenvalue weighted by Gasteiger charge is -2.29. The summed E-state index contributed by atoms with van der Waals surface area (Å²) in [7, 11) is -3.67. The number of benzene rings is 1. The summed E-state index contributed by atoms with van der Waals surface area (Å²) in [6.45, 7) is 0. The van der Waals surface area contributed by atoms with E-state index in [1.54, 1.807) is 6.07 Å². The number of amides is 2. The monoisotopic (exact) mass is 409 g/mol. The van der Waals surface area contributed by atoms with Crippen LogP contribution in [0.3, 0.4) is 0 Å². The number of hydrogen-bond acceptors (Lipinski definition) is 10. The molecule has 0 spiro atoms. The number of hydrogen-bond donors (Lipinski definition) is 1. The van der Waals surface area contributed by atoms with E-state index >= 15 is 0 Å². The molecule has 0 heterocycles. The average Bonchev–Trinajstić information content (AvgIpc) is 2.64. The van der Waals surface area contributed by atoms with Crippen LogP contribution in [0.4, 0.5) is 10.5 Å². The third kappa shape index (κ3) is 4.38. The summed E-state index contributed by atoms with van der Waals surface area (Å²) in [4.78, 5) is 44.5. The van der Waals surface area contributed by atoms with Crippen LogP contribution in [0, 0.1) is 0 Å². The van der Waals surface area contributed by atoms with Crippen LogP contribution in [-0.4, -0.2) is 63.1 Å². The average molecular weight is 409 g/mol. The molecule has 1 aromatic rings. The zero-order chi connectivity index (χ0) is 20.5. The van der Waals surface area contributed by atoms with Gasteiger partial charge in [-0.1, -0.05) is 12.1 Å². The Bertz CT molecular complexity index is 789. The molecule has 2 amide bonds. The molecular weight excluding hydrogens is 394 g/mol. The van der Waals surface area contributed by atoms with Crippen LogP contribution in [0.25, 0.3) is 0 Å². The Morgan fingerprint density at radius 2 is 1.48 bits per heavy atom. The number of nitrogens with zero attached hydrogens (tertiary/aromatic N) is 4. The fraction of sp³-hybridized carbons (Fsp3) is 0.231. The van der Waals surface area contributed by atoms with Gasteiger partial charge in [-0.3, -0.25) is 4.57 Å². The fourth-order valence-corrected chi connectivity index (χ4v) is 5.73. The highest BCUT2D eigenvalue weighted by Gasteiger charge is 2.50. The maximum atomic E-state index is 12.1. The lowest BCUT2D eigenvalue weighted by atomic mass is 10.3. The van der Waals surface area contributed by atoms with E-state index in [1.807, 2.05) is 0 Å². The van der Waals surface area contributed by atoms with Crippen LogP contribution in [0.15, 0.2) is 38.2 Å². The first kappa shape index (κ1) is 22.0. The predicted octanol–water partition coefficient (Wildman–Crippen LogP) is -0.900. The van der Waals surface area contributed by atoms with Crippen molar-refractivity contribution in [3.63, 3.8) is 0 Å². The highest BCUT2D eigenvalue weighted by Crippen LogP contribution is 2.24. The van der Waals surface area contributed by atoms with Crippen LogP contribution in [-0.2, 0) is 27.7 Å². The highest BCUT2D eigenvalue weighted by molar-refractivity contribution is 6.83. The van der Waals surface area contributed by atoms with Crippen molar-refractivity contribution in [1.82, 2.24) is 0 Å². The van der Waals surface area contributed by atoms with Gasteiger partial charge < -0.3 is 19.0 Å². The maximum Gasteiger partial charge on any atom is 0.599 e. The van der Waals surface area contributed by atoms with Crippen molar-refractivity contribution in [2.75, 3.05) is 25.9 Å². The minimum atomic E-state index is -4.49. The molecule has 12 nitrogen and oxygen atoms in total. The summed E-state index contributed by atoms with van der Waals surface area (Å²) >= 11 is 0. The SMILES string of the molecule is CO[Si](OC)(OC)c1cccc(N(C(N)=O)[Si](N=C=O)(N=C=O)N=C=O)c1. The van der Waals surface area contributed by atoms with Gasteiger partial charge in [0.15, 0.2) is 0 Å². The summed E-state index contributed by atoms with van der Waals surface area (Å²) in [5, 5.41) is 0.405. The maximum absolute atomic E-state index is 12.1. The molecule has 1 aromatic carbocycles. The third-order valence-electron chi connectivity index (χ3n) is 3.37. The summed E-state index contributed by atoms with van der Waals surface area (Å²) in [6.07, 6.45) is 3.42. The molecule has 0 bridgehead atoms. The number of carbonyl (C=O) groups is 1. The number of urea groups is 1. The zero-order valence-corrected chi connectivity index (χ0v) is 16.5. The first-order valence-electron chi connectivity index (χ1n) is 7.03. The van der Waals surface area contributed by atoms with E-state index in [-0.39, 0.29) is 5.69 Å². The minimum absolute atomic E-state index is 0.00620. The molecule has 0 aliphatic heterocycles. The molecule has 0 unspecified atom stereocenters. The number of anilines is 1. The van der Waals surface area contributed by atoms with Crippen LogP contribution < -0.4 is 15.5 Å². The zero-order valence-electron chi connectivity index (χ0n) is 14.5. The Hall–Kier alpha value is -3.06. The second-order valence-corrected chi connectivity index (χ2v) is 9.83. The van der Waals surface area contributed by atoms with E-state index < -0.39 is 23.6 Å². The molecule has 142 valence electrons. The standard InChI is InChI=1S/C13H15N5O7Si2/c1-23-26(24-2,25-3)12-6-4-5-11(7-12)18(13(14)22)27(15-8-19,16-9-20)17-10-21/h4-7H,1-3H3,(H2,14,22). The summed E-state index contributed by atoms with van der Waals surface area (Å²) in [5.41, 5.74) is 5.38. The van der Waals surface area contributed by atoms with Crippen LogP contribution in [0.1, 0.15) is 0 Å². The number of isocyanates is 3. The molecule has 0 saturated carbocycles. The van der Waals surface area contributed by atoms with Gasteiger partial charge in [-0.05, 0) is 12.1 Å². The van der Waals surface area contributed by atoms with Gasteiger partial charge in [-0.25, -0.2) is 19.2 Å². The van der Waals surface area contributed by atoms with Crippen molar-refractivity contribution in [3.05, 3.63) is 24.3 Å². The summed E-state index contributed by atoms with van der Waals surface area (Å²) in [6, 6.07) is 4.69. The molecule has 0 radical (unpaired) electrons. The van der Waals surface area contributed by atoms with Crippen molar-refractivity contribution < 1.29 is 32.5 Å². The van der Waals surface area contributed by atoms with Crippen LogP contribution >= 0.6 is 0 Å².